The van der Waals surface area contributed by atoms with Crippen molar-refractivity contribution in [2.75, 3.05) is 0 Å². The molecule has 2 nitrogen and oxygen atoms in total. The first-order valence-electron chi connectivity index (χ1n) is 22.3. The van der Waals surface area contributed by atoms with Gasteiger partial charge in [0.2, 0.25) is 17.8 Å². The molecule has 0 spiro atoms. The van der Waals surface area contributed by atoms with Gasteiger partial charge >= 0.3 is 49.4 Å². The Labute approximate surface area is 433 Å². The van der Waals surface area contributed by atoms with Gasteiger partial charge in [0.1, 0.15) is 6.15 Å². The fraction of sp³-hybridized carbons (Fsp3) is 0.170. The number of alkyl halides is 24. The average Bonchev–Trinajstić information content (AvgIpc) is 3.34. The molecule has 0 aliphatic carbocycles. The number of halogens is 24. The Morgan fingerprint density at radius 1 is 0.312 bits per heavy atom. The first-order chi connectivity index (χ1) is 36.6. The summed E-state index contributed by atoms with van der Waals surface area (Å²) < 4.78 is 343. The number of pyridine rings is 1. The molecule has 8 aromatic rings. The number of para-hydroxylation sites is 1. The summed E-state index contributed by atoms with van der Waals surface area (Å²) >= 11 is 0. The van der Waals surface area contributed by atoms with Crippen LogP contribution in [-0.4, -0.2) is 11.9 Å². The Balaban J connectivity index is 0.000000329. The number of rotatable bonds is 7. The van der Waals surface area contributed by atoms with E-state index in [-0.39, 0.29) is 5.78 Å². The van der Waals surface area contributed by atoms with Gasteiger partial charge in [0, 0.05) is 23.1 Å². The van der Waals surface area contributed by atoms with Gasteiger partial charge in [-0.2, -0.15) is 132 Å². The minimum Gasteiger partial charge on any atom is -0.287 e. The molecule has 1 heterocycles. The predicted molar refractivity (Wildman–Crippen MR) is 242 cm³/mol. The second-order valence-electron chi connectivity index (χ2n) is 17.9. The van der Waals surface area contributed by atoms with Crippen molar-refractivity contribution in [2.24, 2.45) is 0 Å². The summed E-state index contributed by atoms with van der Waals surface area (Å²) in [5.74, 6) is 0.122. The van der Waals surface area contributed by atoms with Gasteiger partial charge in [-0.05, 0) is 53.2 Å². The van der Waals surface area contributed by atoms with Crippen molar-refractivity contribution in [2.45, 2.75) is 56.0 Å². The molecule has 0 aliphatic heterocycles. The highest BCUT2D eigenvalue weighted by molar-refractivity contribution is 7.20. The number of benzene rings is 7. The Hall–Kier alpha value is -7.74. The molecule has 1 aromatic heterocycles. The fourth-order valence-electron chi connectivity index (χ4n) is 9.04. The van der Waals surface area contributed by atoms with Crippen molar-refractivity contribution < 1.29 is 115 Å². The maximum absolute atomic E-state index is 14.2. The van der Waals surface area contributed by atoms with Crippen LogP contribution in [-0.2, 0) is 56.0 Å². The highest BCUT2D eigenvalue weighted by Crippen LogP contribution is 2.41. The molecule has 0 N–H and O–H groups in total. The zero-order chi connectivity index (χ0) is 59.6. The number of nitrogens with zero attached hydrogens (tertiary/aromatic N) is 1. The number of fused-ring (bicyclic) bond motifs is 2. The third kappa shape index (κ3) is 13.0. The van der Waals surface area contributed by atoms with Crippen molar-refractivity contribution in [3.8, 4) is 0 Å². The van der Waals surface area contributed by atoms with E-state index in [9.17, 15) is 110 Å². The van der Waals surface area contributed by atoms with Gasteiger partial charge in [-0.15, -0.1) is 0 Å². The molecular formula is C53H28BF24NO. The molecular weight excluding hydrogens is 1130 g/mol. The Bertz CT molecular complexity index is 3180. The van der Waals surface area contributed by atoms with Crippen LogP contribution >= 0.6 is 0 Å². The zero-order valence-corrected chi connectivity index (χ0v) is 39.2. The van der Waals surface area contributed by atoms with Crippen molar-refractivity contribution in [1.82, 2.24) is 0 Å². The third-order valence-electron chi connectivity index (χ3n) is 12.6. The van der Waals surface area contributed by atoms with E-state index in [1.165, 1.54) is 0 Å². The average molecular weight is 1160 g/mol. The van der Waals surface area contributed by atoms with E-state index in [0.717, 1.165) is 27.2 Å². The first-order valence-corrected chi connectivity index (χ1v) is 22.3. The summed E-state index contributed by atoms with van der Waals surface area (Å²) in [6.07, 6.45) is -52.8. The monoisotopic (exact) mass is 1160 g/mol. The Kier molecular flexibility index (Phi) is 15.5. The molecule has 7 aromatic carbocycles. The summed E-state index contributed by atoms with van der Waals surface area (Å²) in [6.45, 7) is 0.347. The summed E-state index contributed by atoms with van der Waals surface area (Å²) in [7, 11) is 0. The Morgan fingerprint density at radius 2 is 0.588 bits per heavy atom. The van der Waals surface area contributed by atoms with E-state index < -0.39 is 195 Å². The van der Waals surface area contributed by atoms with Gasteiger partial charge in [0.15, 0.2) is 6.20 Å². The molecule has 0 atom stereocenters. The molecule has 8 rings (SSSR count). The SMILES string of the molecule is FC(F)(F)c1cc([B-](c2cc(C(F)(F)F)cc(C(F)(F)F)c2)(c2cc(C(F)(F)F)cc(C(F)(F)F)c2)c2cc(C(F)(F)F)cc(C(F)(F)F)c2)cc(C(F)(F)F)c1.O=C(C[n+]1cccc2ccccc21)c1ccc2ccccc2c1. The van der Waals surface area contributed by atoms with Gasteiger partial charge in [-0.25, -0.2) is 0 Å². The van der Waals surface area contributed by atoms with E-state index in [0.29, 0.717) is 6.54 Å². The van der Waals surface area contributed by atoms with Crippen molar-refractivity contribution >= 4 is 55.5 Å². The molecule has 0 fully saturated rings. The zero-order valence-electron chi connectivity index (χ0n) is 39.2. The standard InChI is InChI=1S/C32H12BF24.C21H16NO/c34-25(35,36)13-1-14(26(37,38)39)6-21(5-13)33(22-7-15(27(40,41)42)2-16(8-22)28(43,44)45,23-9-17(29(46,47)48)3-18(10-23)30(49,50)51)24-11-19(31(52,53)54)4-20(12-24)32(55,56)57;23-21(19-12-11-16-6-1-2-8-18(16)14-19)15-22-13-5-9-17-7-3-4-10-20(17)22/h1-12H;1-14H,15H2/q-1;+1. The molecule has 0 saturated carbocycles. The summed E-state index contributed by atoms with van der Waals surface area (Å²) in [5.41, 5.74) is -28.4. The smallest absolute Gasteiger partial charge is 0.287 e. The lowest BCUT2D eigenvalue weighted by molar-refractivity contribution is -0.657. The van der Waals surface area contributed by atoms with E-state index >= 15 is 0 Å². The first kappa shape index (κ1) is 59.9. The molecule has 27 heteroatoms. The molecule has 0 bridgehead atoms. The molecule has 0 saturated heterocycles. The minimum atomic E-state index is -6.13. The summed E-state index contributed by atoms with van der Waals surface area (Å²) in [5, 5.41) is 3.39. The topological polar surface area (TPSA) is 20.9 Å². The Morgan fingerprint density at radius 3 is 0.900 bits per heavy atom. The predicted octanol–water partition coefficient (Wildman–Crippen LogP) is 15.4. The van der Waals surface area contributed by atoms with Crippen molar-refractivity contribution in [1.29, 1.82) is 0 Å². The highest BCUT2D eigenvalue weighted by Gasteiger charge is 2.47. The molecule has 422 valence electrons. The lowest BCUT2D eigenvalue weighted by Crippen LogP contribution is -2.75. The van der Waals surface area contributed by atoms with Crippen molar-refractivity contribution in [3.63, 3.8) is 0 Å². The van der Waals surface area contributed by atoms with Crippen molar-refractivity contribution in [3.05, 3.63) is 208 Å². The maximum Gasteiger partial charge on any atom is 0.416 e. The maximum atomic E-state index is 14.2. The van der Waals surface area contributed by atoms with Crippen LogP contribution in [0.2, 0.25) is 0 Å². The number of hydrogen-bond acceptors (Lipinski definition) is 1. The van der Waals surface area contributed by atoms with Crippen LogP contribution < -0.4 is 26.4 Å². The molecule has 0 radical (unpaired) electrons. The second kappa shape index (κ2) is 20.7. The number of carbonyl (C=O) groups excluding carboxylic acids is 1. The van der Waals surface area contributed by atoms with Crippen LogP contribution in [0, 0.1) is 0 Å². The molecule has 80 heavy (non-hydrogen) atoms. The minimum absolute atomic E-state index is 0.122. The van der Waals surface area contributed by atoms with E-state index in [4.69, 9.17) is 0 Å². The lowest BCUT2D eigenvalue weighted by Gasteiger charge is -2.46. The largest absolute Gasteiger partial charge is 0.416 e. The van der Waals surface area contributed by atoms with Crippen LogP contribution in [0.4, 0.5) is 105 Å². The van der Waals surface area contributed by atoms with Crippen LogP contribution in [0.3, 0.4) is 0 Å². The number of aromatic nitrogens is 1. The number of carbonyl (C=O) groups is 1. The van der Waals surface area contributed by atoms with Gasteiger partial charge in [-0.1, -0.05) is 97.1 Å². The van der Waals surface area contributed by atoms with Gasteiger partial charge < -0.3 is 0 Å². The van der Waals surface area contributed by atoms with E-state index in [2.05, 4.69) is 18.2 Å². The normalized spacial score (nSPS) is 13.3. The molecule has 0 aliphatic rings. The van der Waals surface area contributed by atoms with E-state index in [1.54, 1.807) is 0 Å². The van der Waals surface area contributed by atoms with Gasteiger partial charge in [0.05, 0.1) is 44.5 Å². The van der Waals surface area contributed by atoms with E-state index in [1.807, 2.05) is 71.4 Å². The fourth-order valence-corrected chi connectivity index (χ4v) is 9.04. The third-order valence-corrected chi connectivity index (χ3v) is 12.6. The quantitative estimate of drug-likeness (QED) is 0.0674. The number of hydrogen-bond donors (Lipinski definition) is 0. The van der Waals surface area contributed by atoms with Gasteiger partial charge in [-0.3, -0.25) is 4.79 Å². The summed E-state index contributed by atoms with van der Waals surface area (Å²) in [4.78, 5) is 12.7. The highest BCUT2D eigenvalue weighted by atomic mass is 19.4. The van der Waals surface area contributed by atoms with Crippen LogP contribution in [0.5, 0.6) is 0 Å². The molecule has 0 unspecified atom stereocenters. The van der Waals surface area contributed by atoms with Crippen LogP contribution in [0.15, 0.2) is 158 Å². The summed E-state index contributed by atoms with van der Waals surface area (Å²) in [6, 6.07) is 17.4. The number of Topliss-reactive ketones (excluding diaryl/α,β-unsaturated/α-hetero) is 1. The van der Waals surface area contributed by atoms with Crippen LogP contribution in [0.25, 0.3) is 21.7 Å². The second-order valence-corrected chi connectivity index (χ2v) is 17.9. The number of ketones is 1. The van der Waals surface area contributed by atoms with Crippen LogP contribution in [0.1, 0.15) is 54.9 Å². The van der Waals surface area contributed by atoms with Gasteiger partial charge in [0.25, 0.3) is 0 Å². The molecule has 0 amide bonds. The lowest BCUT2D eigenvalue weighted by atomic mass is 9.12.